The highest BCUT2D eigenvalue weighted by atomic mass is 16.5. The SMILES string of the molecule is COc1cccc(C2/C(=C(\O)c3c(C)nn(C)c3C)C(=O)C(=O)N2CCN2CCOCC2)c1. The Morgan fingerprint density at radius 2 is 1.94 bits per heavy atom. The minimum atomic E-state index is -0.722. The number of carbonyl (C=O) groups excluding carboxylic acids is 2. The number of carbonyl (C=O) groups is 2. The zero-order chi connectivity index (χ0) is 23.7. The highest BCUT2D eigenvalue weighted by Gasteiger charge is 2.46. The molecule has 9 nitrogen and oxygen atoms in total. The number of nitrogens with zero attached hydrogens (tertiary/aromatic N) is 4. The maximum Gasteiger partial charge on any atom is 0.295 e. The van der Waals surface area contributed by atoms with Gasteiger partial charge in [0.15, 0.2) is 0 Å². The van der Waals surface area contributed by atoms with Gasteiger partial charge in [0.25, 0.3) is 11.7 Å². The Morgan fingerprint density at radius 3 is 2.58 bits per heavy atom. The summed E-state index contributed by atoms with van der Waals surface area (Å²) in [6.07, 6.45) is 0. The summed E-state index contributed by atoms with van der Waals surface area (Å²) in [5.74, 6) is -0.889. The third kappa shape index (κ3) is 4.26. The molecule has 33 heavy (non-hydrogen) atoms. The van der Waals surface area contributed by atoms with E-state index in [9.17, 15) is 14.7 Å². The molecule has 1 aromatic carbocycles. The summed E-state index contributed by atoms with van der Waals surface area (Å²) in [5.41, 5.74) is 2.58. The molecule has 2 aliphatic rings. The van der Waals surface area contributed by atoms with Crippen molar-refractivity contribution in [1.29, 1.82) is 0 Å². The van der Waals surface area contributed by atoms with Crippen LogP contribution in [0.15, 0.2) is 29.8 Å². The van der Waals surface area contributed by atoms with Gasteiger partial charge in [0.2, 0.25) is 0 Å². The number of hydrogen-bond donors (Lipinski definition) is 1. The zero-order valence-corrected chi connectivity index (χ0v) is 19.5. The monoisotopic (exact) mass is 454 g/mol. The predicted octanol–water partition coefficient (Wildman–Crippen LogP) is 1.80. The molecule has 2 aliphatic heterocycles. The number of aromatic nitrogens is 2. The van der Waals surface area contributed by atoms with Gasteiger partial charge in [0, 0.05) is 38.9 Å². The Hall–Kier alpha value is -3.17. The first-order chi connectivity index (χ1) is 15.8. The number of likely N-dealkylation sites (tertiary alicyclic amines) is 1. The first kappa shape index (κ1) is 23.0. The standard InChI is InChI=1S/C24H30N4O5/c1-15-19(16(2)26(3)25-15)22(29)20-21(17-6-5-7-18(14-17)32-4)28(24(31)23(20)30)9-8-27-10-12-33-13-11-27/h5-7,14,21,29H,8-13H2,1-4H3/b22-20+. The van der Waals surface area contributed by atoms with E-state index in [1.807, 2.05) is 19.1 Å². The molecule has 2 saturated heterocycles. The van der Waals surface area contributed by atoms with Gasteiger partial charge in [0.05, 0.1) is 43.2 Å². The molecule has 0 radical (unpaired) electrons. The highest BCUT2D eigenvalue weighted by molar-refractivity contribution is 6.46. The quantitative estimate of drug-likeness (QED) is 0.404. The first-order valence-electron chi connectivity index (χ1n) is 11.1. The lowest BCUT2D eigenvalue weighted by atomic mass is 9.94. The lowest BCUT2D eigenvalue weighted by molar-refractivity contribution is -0.140. The van der Waals surface area contributed by atoms with E-state index in [2.05, 4.69) is 10.00 Å². The van der Waals surface area contributed by atoms with Crippen LogP contribution in [0.25, 0.3) is 5.76 Å². The van der Waals surface area contributed by atoms with E-state index in [1.165, 1.54) is 0 Å². The van der Waals surface area contributed by atoms with Crippen LogP contribution in [-0.2, 0) is 21.4 Å². The second-order valence-electron chi connectivity index (χ2n) is 8.39. The van der Waals surface area contributed by atoms with E-state index in [-0.39, 0.29) is 11.3 Å². The number of morpholine rings is 1. The van der Waals surface area contributed by atoms with E-state index >= 15 is 0 Å². The molecule has 2 aromatic rings. The summed E-state index contributed by atoms with van der Waals surface area (Å²) in [6.45, 7) is 7.43. The van der Waals surface area contributed by atoms with E-state index in [0.29, 0.717) is 54.6 Å². The van der Waals surface area contributed by atoms with Crippen molar-refractivity contribution in [3.63, 3.8) is 0 Å². The third-order valence-electron chi connectivity index (χ3n) is 6.46. The summed E-state index contributed by atoms with van der Waals surface area (Å²) in [4.78, 5) is 30.2. The molecule has 9 heteroatoms. The zero-order valence-electron chi connectivity index (χ0n) is 19.5. The van der Waals surface area contributed by atoms with E-state index < -0.39 is 17.7 Å². The topological polar surface area (TPSA) is 97.1 Å². The van der Waals surface area contributed by atoms with Crippen molar-refractivity contribution in [2.24, 2.45) is 7.05 Å². The molecule has 4 rings (SSSR count). The van der Waals surface area contributed by atoms with E-state index in [0.717, 1.165) is 13.1 Å². The molecule has 1 aromatic heterocycles. The summed E-state index contributed by atoms with van der Waals surface area (Å²) in [6, 6.07) is 6.54. The molecular weight excluding hydrogens is 424 g/mol. The molecule has 1 unspecified atom stereocenters. The van der Waals surface area contributed by atoms with Crippen LogP contribution in [0.3, 0.4) is 0 Å². The van der Waals surface area contributed by atoms with Gasteiger partial charge in [-0.25, -0.2) is 0 Å². The van der Waals surface area contributed by atoms with Gasteiger partial charge in [0.1, 0.15) is 11.5 Å². The number of aryl methyl sites for hydroxylation is 2. The van der Waals surface area contributed by atoms with Gasteiger partial charge in [-0.2, -0.15) is 5.10 Å². The summed E-state index contributed by atoms with van der Waals surface area (Å²) < 4.78 is 12.4. The molecule has 1 amide bonds. The molecule has 1 atom stereocenters. The number of methoxy groups -OCH3 is 1. The van der Waals surface area contributed by atoms with Crippen LogP contribution in [0.1, 0.15) is 28.6 Å². The van der Waals surface area contributed by atoms with Crippen LogP contribution in [0, 0.1) is 13.8 Å². The number of ketones is 1. The summed E-state index contributed by atoms with van der Waals surface area (Å²) in [7, 11) is 3.34. The second-order valence-corrected chi connectivity index (χ2v) is 8.39. The number of rotatable bonds is 6. The van der Waals surface area contributed by atoms with Crippen molar-refractivity contribution in [3.8, 4) is 5.75 Å². The molecule has 0 saturated carbocycles. The van der Waals surface area contributed by atoms with Crippen LogP contribution < -0.4 is 4.74 Å². The van der Waals surface area contributed by atoms with Crippen molar-refractivity contribution in [2.45, 2.75) is 19.9 Å². The maximum absolute atomic E-state index is 13.2. The smallest absolute Gasteiger partial charge is 0.295 e. The van der Waals surface area contributed by atoms with Gasteiger partial charge in [-0.05, 0) is 31.5 Å². The largest absolute Gasteiger partial charge is 0.507 e. The lowest BCUT2D eigenvalue weighted by Gasteiger charge is -2.31. The van der Waals surface area contributed by atoms with Crippen molar-refractivity contribution in [2.75, 3.05) is 46.5 Å². The molecule has 3 heterocycles. The fraction of sp³-hybridized carbons (Fsp3) is 0.458. The molecule has 2 fully saturated rings. The average molecular weight is 455 g/mol. The van der Waals surface area contributed by atoms with Crippen LogP contribution >= 0.6 is 0 Å². The minimum absolute atomic E-state index is 0.0782. The van der Waals surface area contributed by atoms with Crippen LogP contribution in [-0.4, -0.2) is 82.9 Å². The summed E-state index contributed by atoms with van der Waals surface area (Å²) >= 11 is 0. The maximum atomic E-state index is 13.2. The van der Waals surface area contributed by atoms with Gasteiger partial charge in [-0.3, -0.25) is 19.2 Å². The molecular formula is C24H30N4O5. The number of hydrogen-bond acceptors (Lipinski definition) is 7. The Balaban J connectivity index is 1.79. The minimum Gasteiger partial charge on any atom is -0.507 e. The molecule has 176 valence electrons. The Morgan fingerprint density at radius 1 is 1.21 bits per heavy atom. The number of ether oxygens (including phenoxy) is 2. The molecule has 0 bridgehead atoms. The highest BCUT2D eigenvalue weighted by Crippen LogP contribution is 2.41. The fourth-order valence-corrected chi connectivity index (χ4v) is 4.59. The number of benzene rings is 1. The Bertz CT molecular complexity index is 1100. The average Bonchev–Trinajstić information content (AvgIpc) is 3.23. The van der Waals surface area contributed by atoms with Gasteiger partial charge in [-0.15, -0.1) is 0 Å². The summed E-state index contributed by atoms with van der Waals surface area (Å²) in [5, 5.41) is 15.7. The second kappa shape index (κ2) is 9.36. The Labute approximate surface area is 193 Å². The number of aliphatic hydroxyl groups excluding tert-OH is 1. The van der Waals surface area contributed by atoms with Gasteiger partial charge < -0.3 is 19.5 Å². The number of Topliss-reactive ketones (excluding diaryl/α,β-unsaturated/α-hetero) is 1. The predicted molar refractivity (Wildman–Crippen MR) is 122 cm³/mol. The van der Waals surface area contributed by atoms with Crippen molar-refractivity contribution in [1.82, 2.24) is 19.6 Å². The van der Waals surface area contributed by atoms with Gasteiger partial charge >= 0.3 is 0 Å². The molecule has 0 aliphatic carbocycles. The number of amides is 1. The van der Waals surface area contributed by atoms with Crippen molar-refractivity contribution >= 4 is 17.4 Å². The van der Waals surface area contributed by atoms with E-state index in [1.54, 1.807) is 42.8 Å². The van der Waals surface area contributed by atoms with Crippen molar-refractivity contribution < 1.29 is 24.2 Å². The third-order valence-corrected chi connectivity index (χ3v) is 6.46. The Kier molecular flexibility index (Phi) is 6.53. The van der Waals surface area contributed by atoms with Crippen LogP contribution in [0.5, 0.6) is 5.75 Å². The van der Waals surface area contributed by atoms with Crippen molar-refractivity contribution in [3.05, 3.63) is 52.4 Å². The van der Waals surface area contributed by atoms with E-state index in [4.69, 9.17) is 9.47 Å². The number of aliphatic hydroxyl groups is 1. The van der Waals surface area contributed by atoms with Gasteiger partial charge in [-0.1, -0.05) is 12.1 Å². The first-order valence-corrected chi connectivity index (χ1v) is 11.1. The lowest BCUT2D eigenvalue weighted by Crippen LogP contribution is -2.42. The molecule has 1 N–H and O–H groups in total. The normalized spacial score (nSPS) is 21.1. The van der Waals surface area contributed by atoms with Crippen LogP contribution in [0.4, 0.5) is 0 Å². The van der Waals surface area contributed by atoms with Crippen LogP contribution in [0.2, 0.25) is 0 Å². The molecule has 0 spiro atoms. The fourth-order valence-electron chi connectivity index (χ4n) is 4.59.